The summed E-state index contributed by atoms with van der Waals surface area (Å²) in [6, 6.07) is 13.4. The Morgan fingerprint density at radius 2 is 2.20 bits per heavy atom. The average molecular weight is 423 g/mol. The first-order valence-corrected chi connectivity index (χ1v) is 10.7. The summed E-state index contributed by atoms with van der Waals surface area (Å²) in [7, 11) is 1.62. The van der Waals surface area contributed by atoms with Gasteiger partial charge < -0.3 is 9.47 Å². The number of amides is 1. The number of rotatable bonds is 6. The minimum atomic E-state index is -0.0980. The van der Waals surface area contributed by atoms with E-state index in [-0.39, 0.29) is 18.6 Å². The van der Waals surface area contributed by atoms with Gasteiger partial charge in [0.05, 0.1) is 30.0 Å². The highest BCUT2D eigenvalue weighted by Crippen LogP contribution is 2.34. The number of benzene rings is 2. The van der Waals surface area contributed by atoms with Gasteiger partial charge in [0.15, 0.2) is 5.13 Å². The molecule has 0 aliphatic carbocycles. The Morgan fingerprint density at radius 3 is 3.03 bits per heavy atom. The number of carbonyl (C=O) groups excluding carboxylic acids is 1. The summed E-state index contributed by atoms with van der Waals surface area (Å²) in [4.78, 5) is 19.8. The van der Waals surface area contributed by atoms with E-state index in [2.05, 4.69) is 10.3 Å². The molecule has 2 aromatic carbocycles. The molecule has 0 bridgehead atoms. The SMILES string of the molecule is COc1cccc2sc(N(CC3CCCO3)C(=O)Cn3nnc4ccccc43)nc12. The number of anilines is 1. The highest BCUT2D eigenvalue weighted by atomic mass is 32.1. The second kappa shape index (κ2) is 8.00. The zero-order valence-corrected chi connectivity index (χ0v) is 17.3. The van der Waals surface area contributed by atoms with Gasteiger partial charge in [-0.2, -0.15) is 0 Å². The van der Waals surface area contributed by atoms with Crippen LogP contribution in [0.15, 0.2) is 42.5 Å². The lowest BCUT2D eigenvalue weighted by atomic mass is 10.2. The lowest BCUT2D eigenvalue weighted by molar-refractivity contribution is -0.119. The van der Waals surface area contributed by atoms with E-state index >= 15 is 0 Å². The summed E-state index contributed by atoms with van der Waals surface area (Å²) in [5.41, 5.74) is 2.35. The third-order valence-electron chi connectivity index (χ3n) is 5.24. The lowest BCUT2D eigenvalue weighted by Gasteiger charge is -2.23. The van der Waals surface area contributed by atoms with Crippen LogP contribution in [0.1, 0.15) is 12.8 Å². The molecule has 4 aromatic rings. The van der Waals surface area contributed by atoms with Crippen LogP contribution in [0.5, 0.6) is 5.75 Å². The molecule has 5 rings (SSSR count). The Hall–Kier alpha value is -3.04. The molecule has 1 amide bonds. The quantitative estimate of drug-likeness (QED) is 0.473. The van der Waals surface area contributed by atoms with Crippen LogP contribution in [-0.4, -0.2) is 52.3 Å². The number of carbonyl (C=O) groups is 1. The predicted octanol–water partition coefficient (Wildman–Crippen LogP) is 3.26. The van der Waals surface area contributed by atoms with E-state index < -0.39 is 0 Å². The van der Waals surface area contributed by atoms with Crippen molar-refractivity contribution in [3.05, 3.63) is 42.5 Å². The second-order valence-electron chi connectivity index (χ2n) is 7.18. The second-order valence-corrected chi connectivity index (χ2v) is 8.19. The molecule has 1 aliphatic rings. The molecule has 0 spiro atoms. The van der Waals surface area contributed by atoms with Crippen molar-refractivity contribution >= 4 is 43.6 Å². The molecule has 0 N–H and O–H groups in total. The number of ether oxygens (including phenoxy) is 2. The minimum absolute atomic E-state index is 0.00958. The molecule has 154 valence electrons. The fourth-order valence-corrected chi connectivity index (χ4v) is 4.73. The van der Waals surface area contributed by atoms with Gasteiger partial charge in [-0.05, 0) is 37.1 Å². The van der Waals surface area contributed by atoms with E-state index in [4.69, 9.17) is 14.5 Å². The Morgan fingerprint density at radius 1 is 1.30 bits per heavy atom. The molecular weight excluding hydrogens is 402 g/mol. The fraction of sp³-hybridized carbons (Fsp3) is 0.333. The van der Waals surface area contributed by atoms with Crippen LogP contribution in [0.4, 0.5) is 5.13 Å². The summed E-state index contributed by atoms with van der Waals surface area (Å²) in [6.07, 6.45) is 1.95. The van der Waals surface area contributed by atoms with Crippen molar-refractivity contribution in [2.75, 3.05) is 25.2 Å². The monoisotopic (exact) mass is 423 g/mol. The molecular formula is C21H21N5O3S. The number of thiazole rings is 1. The van der Waals surface area contributed by atoms with Crippen LogP contribution in [0.3, 0.4) is 0 Å². The first-order chi connectivity index (χ1) is 14.7. The van der Waals surface area contributed by atoms with E-state index in [0.717, 1.165) is 40.7 Å². The summed E-state index contributed by atoms with van der Waals surface area (Å²) < 4.78 is 13.9. The highest BCUT2D eigenvalue weighted by Gasteiger charge is 2.27. The van der Waals surface area contributed by atoms with Crippen molar-refractivity contribution in [2.24, 2.45) is 0 Å². The van der Waals surface area contributed by atoms with E-state index in [1.807, 2.05) is 42.5 Å². The number of hydrogen-bond acceptors (Lipinski definition) is 7. The molecule has 0 saturated carbocycles. The third-order valence-corrected chi connectivity index (χ3v) is 6.28. The Bertz CT molecular complexity index is 1200. The molecule has 0 radical (unpaired) electrons. The van der Waals surface area contributed by atoms with Crippen molar-refractivity contribution in [3.8, 4) is 5.75 Å². The molecule has 8 nitrogen and oxygen atoms in total. The maximum Gasteiger partial charge on any atom is 0.250 e. The lowest BCUT2D eigenvalue weighted by Crippen LogP contribution is -2.39. The molecule has 9 heteroatoms. The topological polar surface area (TPSA) is 82.4 Å². The van der Waals surface area contributed by atoms with Crippen molar-refractivity contribution in [1.82, 2.24) is 20.0 Å². The number of hydrogen-bond donors (Lipinski definition) is 0. The zero-order valence-electron chi connectivity index (χ0n) is 16.5. The van der Waals surface area contributed by atoms with Gasteiger partial charge in [0.25, 0.3) is 5.91 Å². The Kier molecular flexibility index (Phi) is 5.06. The number of aromatic nitrogens is 4. The average Bonchev–Trinajstić information content (AvgIpc) is 3.51. The number of fused-ring (bicyclic) bond motifs is 2. The minimum Gasteiger partial charge on any atom is -0.494 e. The molecule has 1 fully saturated rings. The van der Waals surface area contributed by atoms with Crippen LogP contribution in [0, 0.1) is 0 Å². The van der Waals surface area contributed by atoms with Crippen molar-refractivity contribution in [2.45, 2.75) is 25.5 Å². The molecule has 1 unspecified atom stereocenters. The first kappa shape index (κ1) is 19.0. The first-order valence-electron chi connectivity index (χ1n) is 9.86. The van der Waals surface area contributed by atoms with Gasteiger partial charge in [0, 0.05) is 6.61 Å². The van der Waals surface area contributed by atoms with Gasteiger partial charge in [-0.1, -0.05) is 34.7 Å². The molecule has 30 heavy (non-hydrogen) atoms. The largest absolute Gasteiger partial charge is 0.494 e. The van der Waals surface area contributed by atoms with E-state index in [1.165, 1.54) is 11.3 Å². The van der Waals surface area contributed by atoms with Crippen LogP contribution in [0.25, 0.3) is 21.3 Å². The summed E-state index contributed by atoms with van der Waals surface area (Å²) in [5, 5.41) is 8.96. The van der Waals surface area contributed by atoms with Crippen LogP contribution in [-0.2, 0) is 16.1 Å². The maximum atomic E-state index is 13.4. The highest BCUT2D eigenvalue weighted by molar-refractivity contribution is 7.22. The van der Waals surface area contributed by atoms with Gasteiger partial charge in [0.1, 0.15) is 23.3 Å². The van der Waals surface area contributed by atoms with Gasteiger partial charge in [-0.15, -0.1) is 5.10 Å². The summed E-state index contributed by atoms with van der Waals surface area (Å²) in [5.74, 6) is 0.598. The summed E-state index contributed by atoms with van der Waals surface area (Å²) in [6.45, 7) is 1.28. The van der Waals surface area contributed by atoms with Crippen LogP contribution >= 0.6 is 11.3 Å². The van der Waals surface area contributed by atoms with Gasteiger partial charge in [0.2, 0.25) is 0 Å². The normalized spacial score (nSPS) is 16.4. The fourth-order valence-electron chi connectivity index (χ4n) is 3.72. The third kappa shape index (κ3) is 3.50. The van der Waals surface area contributed by atoms with Gasteiger partial charge >= 0.3 is 0 Å². The van der Waals surface area contributed by atoms with E-state index in [9.17, 15) is 4.79 Å². The zero-order chi connectivity index (χ0) is 20.5. The van der Waals surface area contributed by atoms with Crippen LogP contribution < -0.4 is 9.64 Å². The Labute approximate surface area is 177 Å². The van der Waals surface area contributed by atoms with Gasteiger partial charge in [-0.3, -0.25) is 9.69 Å². The van der Waals surface area contributed by atoms with Crippen molar-refractivity contribution < 1.29 is 14.3 Å². The molecule has 3 heterocycles. The van der Waals surface area contributed by atoms with Crippen molar-refractivity contribution in [3.63, 3.8) is 0 Å². The van der Waals surface area contributed by atoms with E-state index in [0.29, 0.717) is 17.4 Å². The smallest absolute Gasteiger partial charge is 0.250 e. The molecule has 2 aromatic heterocycles. The van der Waals surface area contributed by atoms with Crippen molar-refractivity contribution in [1.29, 1.82) is 0 Å². The van der Waals surface area contributed by atoms with Crippen LogP contribution in [0.2, 0.25) is 0 Å². The molecule has 1 atom stereocenters. The van der Waals surface area contributed by atoms with E-state index in [1.54, 1.807) is 16.7 Å². The number of nitrogens with zero attached hydrogens (tertiary/aromatic N) is 5. The Balaban J connectivity index is 1.49. The maximum absolute atomic E-state index is 13.4. The predicted molar refractivity (Wildman–Crippen MR) is 115 cm³/mol. The standard InChI is InChI=1S/C21H21N5O3S/c1-28-17-9-4-10-18-20(17)22-21(30-18)25(12-14-6-5-11-29-14)19(27)13-26-16-8-3-2-7-15(16)23-24-26/h2-4,7-10,14H,5-6,11-13H2,1H3. The number of para-hydroxylation sites is 2. The van der Waals surface area contributed by atoms with Gasteiger partial charge in [-0.25, -0.2) is 9.67 Å². The molecule has 1 saturated heterocycles. The number of methoxy groups -OCH3 is 1. The summed E-state index contributed by atoms with van der Waals surface area (Å²) >= 11 is 1.48. The molecule has 1 aliphatic heterocycles.